The van der Waals surface area contributed by atoms with E-state index in [1.165, 1.54) is 0 Å². The van der Waals surface area contributed by atoms with Crippen molar-refractivity contribution in [3.8, 4) is 5.75 Å². The Morgan fingerprint density at radius 1 is 1.37 bits per heavy atom. The highest BCUT2D eigenvalue weighted by Gasteiger charge is 2.30. The van der Waals surface area contributed by atoms with E-state index in [0.717, 1.165) is 36.1 Å². The van der Waals surface area contributed by atoms with Gasteiger partial charge in [0.25, 0.3) is 0 Å². The van der Waals surface area contributed by atoms with Crippen LogP contribution in [-0.2, 0) is 0 Å². The zero-order valence-electron chi connectivity index (χ0n) is 12.2. The van der Waals surface area contributed by atoms with Crippen LogP contribution in [0.25, 0.3) is 0 Å². The molecule has 0 saturated carbocycles. The summed E-state index contributed by atoms with van der Waals surface area (Å²) in [5.74, 6) is 0.888. The Morgan fingerprint density at radius 2 is 2.11 bits per heavy atom. The molecule has 1 heterocycles. The van der Waals surface area contributed by atoms with Crippen LogP contribution in [0.4, 0.5) is 5.69 Å². The van der Waals surface area contributed by atoms with Crippen molar-refractivity contribution in [2.75, 3.05) is 31.6 Å². The van der Waals surface area contributed by atoms with Crippen molar-refractivity contribution >= 4 is 17.3 Å². The van der Waals surface area contributed by atoms with Crippen molar-refractivity contribution in [3.63, 3.8) is 0 Å². The maximum atomic E-state index is 6.12. The van der Waals surface area contributed by atoms with Crippen molar-refractivity contribution < 1.29 is 4.74 Å². The van der Waals surface area contributed by atoms with Crippen molar-refractivity contribution in [1.82, 2.24) is 5.32 Å². The van der Waals surface area contributed by atoms with Crippen LogP contribution in [0, 0.1) is 5.41 Å². The molecule has 0 aliphatic carbocycles. The van der Waals surface area contributed by atoms with Gasteiger partial charge in [-0.05, 0) is 23.6 Å². The smallest absolute Gasteiger partial charge is 0.142 e. The molecule has 1 N–H and O–H groups in total. The number of nitrogens with zero attached hydrogens (tertiary/aromatic N) is 1. The molecule has 1 aliphatic rings. The molecule has 1 unspecified atom stereocenters. The quantitative estimate of drug-likeness (QED) is 0.902. The number of methoxy groups -OCH3 is 1. The first kappa shape index (κ1) is 14.5. The summed E-state index contributed by atoms with van der Waals surface area (Å²) in [5, 5.41) is 4.35. The number of nitrogens with one attached hydrogen (secondary N) is 1. The number of ether oxygens (including phenoxy) is 1. The van der Waals surface area contributed by atoms with Gasteiger partial charge in [0.1, 0.15) is 5.75 Å². The molecular formula is C15H23ClN2O. The van der Waals surface area contributed by atoms with E-state index in [2.05, 4.69) is 31.0 Å². The third-order valence-corrected chi connectivity index (χ3v) is 3.94. The molecular weight excluding hydrogens is 260 g/mol. The van der Waals surface area contributed by atoms with Gasteiger partial charge in [-0.25, -0.2) is 0 Å². The van der Waals surface area contributed by atoms with E-state index in [1.54, 1.807) is 7.11 Å². The maximum Gasteiger partial charge on any atom is 0.142 e. The van der Waals surface area contributed by atoms with Crippen LogP contribution in [0.5, 0.6) is 5.75 Å². The fourth-order valence-corrected chi connectivity index (χ4v) is 2.63. The van der Waals surface area contributed by atoms with Gasteiger partial charge < -0.3 is 15.0 Å². The number of halogens is 1. The Balaban J connectivity index is 2.24. The molecule has 1 saturated heterocycles. The van der Waals surface area contributed by atoms with E-state index in [1.807, 2.05) is 18.2 Å². The van der Waals surface area contributed by atoms with Crippen LogP contribution >= 0.6 is 11.6 Å². The minimum absolute atomic E-state index is 0.241. The van der Waals surface area contributed by atoms with Gasteiger partial charge in [-0.15, -0.1) is 0 Å². The molecule has 2 rings (SSSR count). The van der Waals surface area contributed by atoms with Gasteiger partial charge in [0.05, 0.1) is 12.8 Å². The first-order valence-electron chi connectivity index (χ1n) is 6.73. The minimum Gasteiger partial charge on any atom is -0.495 e. The highest BCUT2D eigenvalue weighted by molar-refractivity contribution is 6.30. The van der Waals surface area contributed by atoms with E-state index < -0.39 is 0 Å². The Bertz CT molecular complexity index is 442. The molecule has 1 atom stereocenters. The molecule has 19 heavy (non-hydrogen) atoms. The highest BCUT2D eigenvalue weighted by atomic mass is 35.5. The minimum atomic E-state index is 0.241. The predicted octanol–water partition coefficient (Wildman–Crippen LogP) is 3.17. The number of piperazine rings is 1. The largest absolute Gasteiger partial charge is 0.495 e. The fraction of sp³-hybridized carbons (Fsp3) is 0.600. The second-order valence-corrected chi connectivity index (χ2v) is 6.57. The van der Waals surface area contributed by atoms with Gasteiger partial charge in [0.2, 0.25) is 0 Å². The van der Waals surface area contributed by atoms with Crippen molar-refractivity contribution in [1.29, 1.82) is 0 Å². The van der Waals surface area contributed by atoms with E-state index in [0.29, 0.717) is 6.04 Å². The van der Waals surface area contributed by atoms with Crippen LogP contribution in [0.2, 0.25) is 5.02 Å². The molecule has 1 aliphatic heterocycles. The lowest BCUT2D eigenvalue weighted by Gasteiger charge is -2.41. The van der Waals surface area contributed by atoms with Gasteiger partial charge in [-0.2, -0.15) is 0 Å². The second kappa shape index (κ2) is 5.59. The molecule has 1 aromatic carbocycles. The predicted molar refractivity (Wildman–Crippen MR) is 81.5 cm³/mol. The number of anilines is 1. The van der Waals surface area contributed by atoms with Crippen LogP contribution in [-0.4, -0.2) is 32.8 Å². The van der Waals surface area contributed by atoms with Crippen LogP contribution in [0.1, 0.15) is 20.8 Å². The van der Waals surface area contributed by atoms with Gasteiger partial charge in [0.15, 0.2) is 0 Å². The summed E-state index contributed by atoms with van der Waals surface area (Å²) < 4.78 is 5.45. The van der Waals surface area contributed by atoms with E-state index >= 15 is 0 Å². The third-order valence-electron chi connectivity index (χ3n) is 3.70. The Kier molecular flexibility index (Phi) is 4.26. The number of hydrogen-bond acceptors (Lipinski definition) is 3. The maximum absolute atomic E-state index is 6.12. The highest BCUT2D eigenvalue weighted by Crippen LogP contribution is 2.33. The average molecular weight is 283 g/mol. The van der Waals surface area contributed by atoms with Crippen molar-refractivity contribution in [2.45, 2.75) is 26.8 Å². The second-order valence-electron chi connectivity index (χ2n) is 6.13. The van der Waals surface area contributed by atoms with E-state index in [-0.39, 0.29) is 5.41 Å². The molecule has 4 heteroatoms. The molecule has 0 bridgehead atoms. The molecule has 1 aromatic rings. The Labute approximate surface area is 120 Å². The lowest BCUT2D eigenvalue weighted by atomic mass is 9.85. The average Bonchev–Trinajstić information content (AvgIpc) is 2.38. The molecule has 106 valence electrons. The first-order chi connectivity index (χ1) is 8.91. The number of hydrogen-bond donors (Lipinski definition) is 1. The summed E-state index contributed by atoms with van der Waals surface area (Å²) in [4.78, 5) is 2.36. The summed E-state index contributed by atoms with van der Waals surface area (Å²) in [6.45, 7) is 9.73. The summed E-state index contributed by atoms with van der Waals surface area (Å²) in [6.07, 6.45) is 0. The lowest BCUT2D eigenvalue weighted by molar-refractivity contribution is 0.253. The number of benzene rings is 1. The molecule has 0 aromatic heterocycles. The zero-order valence-corrected chi connectivity index (χ0v) is 12.9. The SMILES string of the molecule is COc1ccc(Cl)cc1N1CCNC(C(C)(C)C)C1. The molecule has 0 amide bonds. The van der Waals surface area contributed by atoms with Crippen LogP contribution in [0.15, 0.2) is 18.2 Å². The van der Waals surface area contributed by atoms with Gasteiger partial charge in [-0.3, -0.25) is 0 Å². The normalized spacial score (nSPS) is 20.5. The van der Waals surface area contributed by atoms with E-state index in [9.17, 15) is 0 Å². The summed E-state index contributed by atoms with van der Waals surface area (Å²) in [6, 6.07) is 6.26. The molecule has 3 nitrogen and oxygen atoms in total. The van der Waals surface area contributed by atoms with Gasteiger partial charge >= 0.3 is 0 Å². The van der Waals surface area contributed by atoms with Crippen molar-refractivity contribution in [3.05, 3.63) is 23.2 Å². The fourth-order valence-electron chi connectivity index (χ4n) is 2.46. The van der Waals surface area contributed by atoms with Crippen LogP contribution < -0.4 is 15.0 Å². The van der Waals surface area contributed by atoms with Crippen molar-refractivity contribution in [2.24, 2.45) is 5.41 Å². The zero-order chi connectivity index (χ0) is 14.0. The Morgan fingerprint density at radius 3 is 2.74 bits per heavy atom. The van der Waals surface area contributed by atoms with Gasteiger partial charge in [0, 0.05) is 30.7 Å². The summed E-state index contributed by atoms with van der Waals surface area (Å²) in [7, 11) is 1.70. The first-order valence-corrected chi connectivity index (χ1v) is 7.11. The topological polar surface area (TPSA) is 24.5 Å². The monoisotopic (exact) mass is 282 g/mol. The Hall–Kier alpha value is -0.930. The van der Waals surface area contributed by atoms with Crippen LogP contribution in [0.3, 0.4) is 0 Å². The summed E-state index contributed by atoms with van der Waals surface area (Å²) >= 11 is 6.12. The third kappa shape index (κ3) is 3.34. The molecule has 0 spiro atoms. The molecule has 0 radical (unpaired) electrons. The number of rotatable bonds is 2. The standard InChI is InChI=1S/C15H23ClN2O/c1-15(2,3)14-10-18(8-7-17-14)12-9-11(16)5-6-13(12)19-4/h5-6,9,14,17H,7-8,10H2,1-4H3. The molecule has 1 fully saturated rings. The lowest BCUT2D eigenvalue weighted by Crippen LogP contribution is -2.56. The summed E-state index contributed by atoms with van der Waals surface area (Å²) in [5.41, 5.74) is 1.33. The van der Waals surface area contributed by atoms with E-state index in [4.69, 9.17) is 16.3 Å². The van der Waals surface area contributed by atoms with Gasteiger partial charge in [-0.1, -0.05) is 32.4 Å².